The first-order chi connectivity index (χ1) is 15.8. The third-order valence-corrected chi connectivity index (χ3v) is 5.35. The number of benzene rings is 1. The number of amidine groups is 1. The van der Waals surface area contributed by atoms with Crippen LogP contribution in [0.4, 0.5) is 0 Å². The van der Waals surface area contributed by atoms with Gasteiger partial charge in [-0.1, -0.05) is 0 Å². The Kier molecular flexibility index (Phi) is 9.31. The van der Waals surface area contributed by atoms with Crippen molar-refractivity contribution in [3.05, 3.63) is 42.2 Å². The van der Waals surface area contributed by atoms with Gasteiger partial charge in [-0.15, -0.1) is 12.4 Å². The number of methoxy groups -OCH3 is 2. The van der Waals surface area contributed by atoms with Crippen LogP contribution in [0.25, 0.3) is 11.4 Å². The number of carbonyl (C=O) groups is 3. The minimum absolute atomic E-state index is 0. The Labute approximate surface area is 202 Å². The van der Waals surface area contributed by atoms with Crippen LogP contribution in [0.5, 0.6) is 5.75 Å². The van der Waals surface area contributed by atoms with Gasteiger partial charge < -0.3 is 24.8 Å². The van der Waals surface area contributed by atoms with Crippen LogP contribution in [0.3, 0.4) is 0 Å². The van der Waals surface area contributed by atoms with Crippen LogP contribution in [0.1, 0.15) is 12.0 Å². The number of nitrogens with two attached hydrogens (primary N) is 1. The van der Waals surface area contributed by atoms with Gasteiger partial charge in [-0.25, -0.2) is 9.97 Å². The SMILES string of the molecule is COC(=O)C[C@@H]1C(=O)N(CC(=O)OC)CC1COc1ccc(-c2ncc(C(=N)N)cn2)cc1.Cl. The third kappa shape index (κ3) is 6.41. The molecule has 34 heavy (non-hydrogen) atoms. The highest BCUT2D eigenvalue weighted by atomic mass is 35.5. The van der Waals surface area contributed by atoms with E-state index in [1.807, 2.05) is 0 Å². The number of halogens is 1. The van der Waals surface area contributed by atoms with Crippen molar-refractivity contribution in [3.63, 3.8) is 0 Å². The summed E-state index contributed by atoms with van der Waals surface area (Å²) in [5.74, 6) is -1.35. The number of esters is 2. The maximum Gasteiger partial charge on any atom is 0.325 e. The van der Waals surface area contributed by atoms with Crippen LogP contribution in [0.15, 0.2) is 36.7 Å². The number of ether oxygens (including phenoxy) is 3. The van der Waals surface area contributed by atoms with E-state index in [1.54, 1.807) is 24.3 Å². The van der Waals surface area contributed by atoms with Gasteiger partial charge in [-0.3, -0.25) is 19.8 Å². The molecule has 1 aliphatic heterocycles. The molecule has 11 nitrogen and oxygen atoms in total. The fourth-order valence-corrected chi connectivity index (χ4v) is 3.50. The van der Waals surface area contributed by atoms with E-state index >= 15 is 0 Å². The predicted octanol–water partition coefficient (Wildman–Crippen LogP) is 1.04. The minimum atomic E-state index is -0.644. The largest absolute Gasteiger partial charge is 0.493 e. The zero-order valence-electron chi connectivity index (χ0n) is 18.7. The molecule has 2 heterocycles. The van der Waals surface area contributed by atoms with Crippen LogP contribution in [-0.4, -0.2) is 72.5 Å². The van der Waals surface area contributed by atoms with Gasteiger partial charge in [0.2, 0.25) is 5.91 Å². The zero-order chi connectivity index (χ0) is 24.0. The topological polar surface area (TPSA) is 158 Å². The molecule has 3 rings (SSSR count). The number of nitrogens with zero attached hydrogens (tertiary/aromatic N) is 3. The van der Waals surface area contributed by atoms with Crippen LogP contribution in [0, 0.1) is 17.2 Å². The Bertz CT molecular complexity index is 1030. The van der Waals surface area contributed by atoms with E-state index in [-0.39, 0.29) is 56.2 Å². The van der Waals surface area contributed by atoms with Crippen molar-refractivity contribution in [2.75, 3.05) is 33.9 Å². The van der Waals surface area contributed by atoms with E-state index in [1.165, 1.54) is 31.5 Å². The number of hydrogen-bond acceptors (Lipinski definition) is 9. The molecule has 0 saturated carbocycles. The third-order valence-electron chi connectivity index (χ3n) is 5.35. The van der Waals surface area contributed by atoms with E-state index in [0.29, 0.717) is 17.1 Å². The highest BCUT2D eigenvalue weighted by Crippen LogP contribution is 2.29. The Balaban J connectivity index is 0.00000408. The normalized spacial score (nSPS) is 17.0. The summed E-state index contributed by atoms with van der Waals surface area (Å²) in [4.78, 5) is 45.9. The second kappa shape index (κ2) is 11.9. The fourth-order valence-electron chi connectivity index (χ4n) is 3.50. The van der Waals surface area contributed by atoms with E-state index < -0.39 is 17.9 Å². The molecule has 1 aromatic heterocycles. The van der Waals surface area contributed by atoms with Crippen molar-refractivity contribution in [2.45, 2.75) is 6.42 Å². The zero-order valence-corrected chi connectivity index (χ0v) is 19.5. The Hall–Kier alpha value is -3.73. The maximum atomic E-state index is 12.7. The van der Waals surface area contributed by atoms with Crippen LogP contribution >= 0.6 is 12.4 Å². The molecule has 1 aromatic carbocycles. The van der Waals surface area contributed by atoms with Crippen molar-refractivity contribution in [1.82, 2.24) is 14.9 Å². The van der Waals surface area contributed by atoms with Crippen LogP contribution < -0.4 is 10.5 Å². The molecule has 2 atom stereocenters. The summed E-state index contributed by atoms with van der Waals surface area (Å²) in [5, 5.41) is 7.39. The smallest absolute Gasteiger partial charge is 0.325 e. The summed E-state index contributed by atoms with van der Waals surface area (Å²) in [6, 6.07) is 7.06. The number of hydrogen-bond donors (Lipinski definition) is 2. The van der Waals surface area contributed by atoms with Gasteiger partial charge in [0.05, 0.1) is 38.7 Å². The quantitative estimate of drug-likeness (QED) is 0.297. The average Bonchev–Trinajstić information content (AvgIpc) is 3.11. The first-order valence-electron chi connectivity index (χ1n) is 10.1. The van der Waals surface area contributed by atoms with E-state index in [9.17, 15) is 14.4 Å². The first-order valence-corrected chi connectivity index (χ1v) is 10.1. The highest BCUT2D eigenvalue weighted by Gasteiger charge is 2.42. The van der Waals surface area contributed by atoms with E-state index in [0.717, 1.165) is 5.56 Å². The second-order valence-electron chi connectivity index (χ2n) is 7.49. The molecule has 1 fully saturated rings. The van der Waals surface area contributed by atoms with Crippen molar-refractivity contribution in [1.29, 1.82) is 5.41 Å². The molecule has 182 valence electrons. The van der Waals surface area contributed by atoms with Gasteiger partial charge in [0.25, 0.3) is 0 Å². The molecule has 0 aliphatic carbocycles. The second-order valence-corrected chi connectivity index (χ2v) is 7.49. The lowest BCUT2D eigenvalue weighted by Gasteiger charge is -2.16. The van der Waals surface area contributed by atoms with E-state index in [4.69, 9.17) is 20.6 Å². The van der Waals surface area contributed by atoms with Gasteiger partial charge in [-0.2, -0.15) is 0 Å². The number of aromatic nitrogens is 2. The molecule has 0 radical (unpaired) electrons. The van der Waals surface area contributed by atoms with Crippen LogP contribution in [-0.2, 0) is 23.9 Å². The Morgan fingerprint density at radius 3 is 2.29 bits per heavy atom. The lowest BCUT2D eigenvalue weighted by atomic mass is 9.93. The molecule has 12 heteroatoms. The molecule has 1 unspecified atom stereocenters. The summed E-state index contributed by atoms with van der Waals surface area (Å²) in [6.07, 6.45) is 2.87. The van der Waals surface area contributed by atoms with Crippen molar-refractivity contribution in [3.8, 4) is 17.1 Å². The Morgan fingerprint density at radius 2 is 1.74 bits per heavy atom. The van der Waals surface area contributed by atoms with Gasteiger partial charge in [-0.05, 0) is 24.3 Å². The molecule has 1 aliphatic rings. The molecule has 2 aromatic rings. The maximum absolute atomic E-state index is 12.7. The summed E-state index contributed by atoms with van der Waals surface area (Å²) in [5.41, 5.74) is 6.60. The summed E-state index contributed by atoms with van der Waals surface area (Å²) >= 11 is 0. The predicted molar refractivity (Wildman–Crippen MR) is 123 cm³/mol. The van der Waals surface area contributed by atoms with Crippen molar-refractivity contribution >= 4 is 36.1 Å². The number of rotatable bonds is 9. The molecule has 3 N–H and O–H groups in total. The van der Waals surface area contributed by atoms with Crippen molar-refractivity contribution in [2.24, 2.45) is 17.6 Å². The minimum Gasteiger partial charge on any atom is -0.493 e. The lowest BCUT2D eigenvalue weighted by Crippen LogP contribution is -2.33. The van der Waals surface area contributed by atoms with Gasteiger partial charge >= 0.3 is 11.9 Å². The monoisotopic (exact) mass is 491 g/mol. The van der Waals surface area contributed by atoms with E-state index in [2.05, 4.69) is 14.7 Å². The highest BCUT2D eigenvalue weighted by molar-refractivity contribution is 5.94. The van der Waals surface area contributed by atoms with Crippen molar-refractivity contribution < 1.29 is 28.6 Å². The lowest BCUT2D eigenvalue weighted by molar-refractivity contribution is -0.148. The number of amides is 1. The molecule has 0 spiro atoms. The molecule has 0 bridgehead atoms. The standard InChI is InChI=1S/C22H25N5O6.ClH/c1-31-18(28)7-17-15(10-27(22(17)30)11-19(29)32-2)12-33-16-5-3-13(4-6-16)21-25-8-14(9-26-21)20(23)24;/h3-6,8-9,15,17H,7,10-12H2,1-2H3,(H3,23,24);1H/t15?,17-;/m0./s1. The molecule has 1 amide bonds. The first kappa shape index (κ1) is 26.5. The number of nitrogens with one attached hydrogen (secondary N) is 1. The summed E-state index contributed by atoms with van der Waals surface area (Å²) in [6.45, 7) is 0.263. The van der Waals surface area contributed by atoms with Crippen LogP contribution in [0.2, 0.25) is 0 Å². The number of nitrogen functional groups attached to an aromatic ring is 1. The number of carbonyl (C=O) groups excluding carboxylic acids is 3. The van der Waals surface area contributed by atoms with Gasteiger partial charge in [0.1, 0.15) is 18.1 Å². The summed E-state index contributed by atoms with van der Waals surface area (Å²) in [7, 11) is 2.51. The fraction of sp³-hybridized carbons (Fsp3) is 0.364. The summed E-state index contributed by atoms with van der Waals surface area (Å²) < 4.78 is 15.2. The average molecular weight is 492 g/mol. The Morgan fingerprint density at radius 1 is 1.12 bits per heavy atom. The molecular formula is C22H26ClN5O6. The molecular weight excluding hydrogens is 466 g/mol. The van der Waals surface area contributed by atoms with Gasteiger partial charge in [0.15, 0.2) is 5.82 Å². The molecule has 1 saturated heterocycles. The number of likely N-dealkylation sites (tertiary alicyclic amines) is 1. The van der Waals surface area contributed by atoms with Gasteiger partial charge in [0, 0.05) is 30.4 Å².